The number of hydrogen-bond acceptors (Lipinski definition) is 2. The molecule has 1 heterocycles. The molecule has 2 aliphatic rings. The molecule has 2 rings (SSSR count). The van der Waals surface area contributed by atoms with Gasteiger partial charge < -0.3 is 0 Å². The molecule has 0 amide bonds. The summed E-state index contributed by atoms with van der Waals surface area (Å²) in [5.41, 5.74) is 0.0827. The molecule has 0 aromatic heterocycles. The number of nitrogens with zero attached hydrogens (tertiary/aromatic N) is 1. The number of rotatable bonds is 1. The van der Waals surface area contributed by atoms with E-state index in [2.05, 4.69) is 40.4 Å². The van der Waals surface area contributed by atoms with Crippen LogP contribution in [0.5, 0.6) is 0 Å². The Balaban J connectivity index is 2.50. The van der Waals surface area contributed by atoms with Crippen molar-refractivity contribution in [3.8, 4) is 0 Å². The Hall–Kier alpha value is 0.127. The zero-order valence-electron chi connectivity index (χ0n) is 12.6. The van der Waals surface area contributed by atoms with Crippen LogP contribution in [0.25, 0.3) is 0 Å². The molecule has 18 heavy (non-hydrogen) atoms. The normalized spacial score (nSPS) is 39.6. The van der Waals surface area contributed by atoms with Gasteiger partial charge in [0, 0.05) is 6.54 Å². The van der Waals surface area contributed by atoms with Crippen LogP contribution in [0.3, 0.4) is 0 Å². The third-order valence-electron chi connectivity index (χ3n) is 5.59. The first-order valence-corrected chi connectivity index (χ1v) is 12.0. The summed E-state index contributed by atoms with van der Waals surface area (Å²) in [6.45, 7) is 13.9. The second-order valence-electron chi connectivity index (χ2n) is 7.98. The maximum atomic E-state index is 12.7. The fourth-order valence-corrected chi connectivity index (χ4v) is 9.92. The van der Waals surface area contributed by atoms with Gasteiger partial charge in [-0.3, -0.25) is 0 Å². The summed E-state index contributed by atoms with van der Waals surface area (Å²) in [5, 5.41) is 0. The average molecular weight is 290 g/mol. The SMILES string of the molecule is CC12CCC(CN([Si](C)(C)C)S(=O)(=O)C1)C2(C)C. The van der Waals surface area contributed by atoms with Gasteiger partial charge in [-0.2, -0.15) is 0 Å². The van der Waals surface area contributed by atoms with Crippen LogP contribution in [0.2, 0.25) is 19.6 Å². The number of sulfonamides is 1. The summed E-state index contributed by atoms with van der Waals surface area (Å²) in [5.74, 6) is 0.861. The lowest BCUT2D eigenvalue weighted by molar-refractivity contribution is 0.114. The predicted octanol–water partition coefficient (Wildman–Crippen LogP) is 2.91. The molecule has 3 nitrogen and oxygen atoms in total. The van der Waals surface area contributed by atoms with Crippen molar-refractivity contribution in [2.45, 2.75) is 53.3 Å². The Morgan fingerprint density at radius 3 is 2.22 bits per heavy atom. The Morgan fingerprint density at radius 1 is 1.17 bits per heavy atom. The molecular formula is C13H27NO2SSi. The zero-order valence-corrected chi connectivity index (χ0v) is 14.4. The smallest absolute Gasteiger partial charge is 0.208 e. The van der Waals surface area contributed by atoms with Crippen molar-refractivity contribution in [1.29, 1.82) is 0 Å². The lowest BCUT2D eigenvalue weighted by Gasteiger charge is -2.39. The highest BCUT2D eigenvalue weighted by molar-refractivity contribution is 7.90. The monoisotopic (exact) mass is 289 g/mol. The van der Waals surface area contributed by atoms with E-state index in [9.17, 15) is 8.42 Å². The summed E-state index contributed by atoms with van der Waals surface area (Å²) in [6, 6.07) is 0. The molecule has 1 saturated carbocycles. The van der Waals surface area contributed by atoms with Gasteiger partial charge >= 0.3 is 0 Å². The van der Waals surface area contributed by atoms with Crippen molar-refractivity contribution >= 4 is 18.3 Å². The van der Waals surface area contributed by atoms with Crippen LogP contribution in [-0.2, 0) is 10.0 Å². The van der Waals surface area contributed by atoms with Crippen LogP contribution in [-0.4, -0.2) is 32.9 Å². The first kappa shape index (κ1) is 14.5. The van der Waals surface area contributed by atoms with Gasteiger partial charge in [-0.05, 0) is 29.6 Å². The predicted molar refractivity (Wildman–Crippen MR) is 78.5 cm³/mol. The van der Waals surface area contributed by atoms with Crippen LogP contribution in [0.15, 0.2) is 0 Å². The van der Waals surface area contributed by atoms with Crippen molar-refractivity contribution in [1.82, 2.24) is 3.97 Å². The topological polar surface area (TPSA) is 37.4 Å². The second-order valence-corrected chi connectivity index (χ2v) is 15.1. The highest BCUT2D eigenvalue weighted by atomic mass is 32.2. The second kappa shape index (κ2) is 3.82. The minimum Gasteiger partial charge on any atom is -0.224 e. The highest BCUT2D eigenvalue weighted by Crippen LogP contribution is 2.58. The van der Waals surface area contributed by atoms with E-state index in [4.69, 9.17) is 0 Å². The van der Waals surface area contributed by atoms with E-state index >= 15 is 0 Å². The molecule has 5 heteroatoms. The number of hydrogen-bond donors (Lipinski definition) is 0. The van der Waals surface area contributed by atoms with E-state index in [1.165, 1.54) is 6.42 Å². The Morgan fingerprint density at radius 2 is 1.72 bits per heavy atom. The van der Waals surface area contributed by atoms with Crippen LogP contribution < -0.4 is 0 Å². The molecular weight excluding hydrogens is 262 g/mol. The first-order valence-electron chi connectivity index (χ1n) is 6.91. The largest absolute Gasteiger partial charge is 0.224 e. The zero-order chi connectivity index (χ0) is 14.0. The maximum absolute atomic E-state index is 12.7. The Bertz CT molecular complexity index is 452. The van der Waals surface area contributed by atoms with Crippen molar-refractivity contribution in [2.24, 2.45) is 16.7 Å². The van der Waals surface area contributed by atoms with Gasteiger partial charge in [-0.1, -0.05) is 40.4 Å². The minimum absolute atomic E-state index is 0.0507. The van der Waals surface area contributed by atoms with Crippen LogP contribution >= 0.6 is 0 Å². The minimum atomic E-state index is -3.08. The van der Waals surface area contributed by atoms with E-state index in [-0.39, 0.29) is 10.8 Å². The van der Waals surface area contributed by atoms with Gasteiger partial charge in [0.1, 0.15) is 8.24 Å². The van der Waals surface area contributed by atoms with Crippen LogP contribution in [0.4, 0.5) is 0 Å². The summed E-state index contributed by atoms with van der Waals surface area (Å²) in [4.78, 5) is 0. The average Bonchev–Trinajstić information content (AvgIpc) is 2.27. The summed E-state index contributed by atoms with van der Waals surface area (Å²) >= 11 is 0. The maximum Gasteiger partial charge on any atom is 0.208 e. The molecule has 0 aromatic rings. The molecule has 0 N–H and O–H groups in total. The molecule has 0 radical (unpaired) electrons. The van der Waals surface area contributed by atoms with Crippen molar-refractivity contribution in [3.05, 3.63) is 0 Å². The van der Waals surface area contributed by atoms with Gasteiger partial charge in [0.15, 0.2) is 0 Å². The van der Waals surface area contributed by atoms with E-state index < -0.39 is 18.3 Å². The van der Waals surface area contributed by atoms with Gasteiger partial charge in [-0.25, -0.2) is 12.4 Å². The van der Waals surface area contributed by atoms with E-state index in [1.807, 2.05) is 3.97 Å². The van der Waals surface area contributed by atoms with E-state index in [0.29, 0.717) is 11.7 Å². The van der Waals surface area contributed by atoms with Crippen LogP contribution in [0, 0.1) is 16.7 Å². The molecule has 0 spiro atoms. The fourth-order valence-electron chi connectivity index (χ4n) is 3.73. The summed E-state index contributed by atoms with van der Waals surface area (Å²) in [6.07, 6.45) is 2.24. The molecule has 2 atom stereocenters. The van der Waals surface area contributed by atoms with E-state index in [0.717, 1.165) is 13.0 Å². The first-order chi connectivity index (χ1) is 7.90. The molecule has 2 bridgehead atoms. The van der Waals surface area contributed by atoms with Crippen molar-refractivity contribution in [3.63, 3.8) is 0 Å². The van der Waals surface area contributed by atoms with Gasteiger partial charge in [0.25, 0.3) is 0 Å². The molecule has 1 saturated heterocycles. The van der Waals surface area contributed by atoms with E-state index in [1.54, 1.807) is 0 Å². The highest BCUT2D eigenvalue weighted by Gasteiger charge is 2.58. The fraction of sp³-hybridized carbons (Fsp3) is 1.00. The molecule has 2 fully saturated rings. The van der Waals surface area contributed by atoms with Crippen molar-refractivity contribution < 1.29 is 8.42 Å². The quantitative estimate of drug-likeness (QED) is 0.696. The van der Waals surface area contributed by atoms with Gasteiger partial charge in [-0.15, -0.1) is 0 Å². The summed E-state index contributed by atoms with van der Waals surface area (Å²) in [7, 11) is -4.89. The van der Waals surface area contributed by atoms with Gasteiger partial charge in [0.05, 0.1) is 5.75 Å². The Kier molecular flexibility index (Phi) is 3.09. The number of fused-ring (bicyclic) bond motifs is 2. The third kappa shape index (κ3) is 1.98. The van der Waals surface area contributed by atoms with Gasteiger partial charge in [0.2, 0.25) is 10.0 Å². The lowest BCUT2D eigenvalue weighted by atomic mass is 9.67. The lowest BCUT2D eigenvalue weighted by Crippen LogP contribution is -2.52. The molecule has 1 aliphatic carbocycles. The molecule has 106 valence electrons. The summed E-state index contributed by atoms with van der Waals surface area (Å²) < 4.78 is 27.3. The standard InChI is InChI=1S/C13H27NO2SSi/c1-12(2)11-7-8-13(12,3)10-17(15,16)14(9-11)18(4,5)6/h11H,7-10H2,1-6H3. The van der Waals surface area contributed by atoms with Crippen molar-refractivity contribution in [2.75, 3.05) is 12.3 Å². The molecule has 2 unspecified atom stereocenters. The van der Waals surface area contributed by atoms with Crippen LogP contribution in [0.1, 0.15) is 33.6 Å². The molecule has 1 aliphatic heterocycles. The Labute approximate surface area is 113 Å². The molecule has 0 aromatic carbocycles. The third-order valence-corrected chi connectivity index (χ3v) is 11.6.